The zero-order valence-electron chi connectivity index (χ0n) is 19.4. The molecule has 200 valence electrons. The molecule has 0 spiro atoms. The SMILES string of the molecule is Cc1nc(Oc2cc(F)c(NS(=O)(=O)C(F)F)cc2C)c(-c2ccnc(N[C@@H]3CNCC(F)(F)C3)n2)s1. The van der Waals surface area contributed by atoms with Gasteiger partial charge in [-0.25, -0.2) is 36.5 Å². The summed E-state index contributed by atoms with van der Waals surface area (Å²) in [4.78, 5) is 13.2. The van der Waals surface area contributed by atoms with Crippen LogP contribution in [0.25, 0.3) is 10.6 Å². The van der Waals surface area contributed by atoms with Gasteiger partial charge in [0.15, 0.2) is 5.82 Å². The van der Waals surface area contributed by atoms with Gasteiger partial charge >= 0.3 is 5.76 Å². The quantitative estimate of drug-likeness (QED) is 0.342. The Morgan fingerprint density at radius 2 is 2.00 bits per heavy atom. The van der Waals surface area contributed by atoms with Gasteiger partial charge in [-0.15, -0.1) is 11.3 Å². The Kier molecular flexibility index (Phi) is 7.52. The van der Waals surface area contributed by atoms with Gasteiger partial charge in [-0.3, -0.25) is 4.72 Å². The van der Waals surface area contributed by atoms with E-state index >= 15 is 0 Å². The van der Waals surface area contributed by atoms with E-state index in [9.17, 15) is 30.4 Å². The third kappa shape index (κ3) is 6.42. The Bertz CT molecular complexity index is 1400. The number of ether oxygens (including phenoxy) is 1. The van der Waals surface area contributed by atoms with Gasteiger partial charge in [-0.1, -0.05) is 0 Å². The van der Waals surface area contributed by atoms with Crippen molar-refractivity contribution in [1.29, 1.82) is 0 Å². The normalized spacial score (nSPS) is 17.6. The number of rotatable bonds is 8. The van der Waals surface area contributed by atoms with Gasteiger partial charge in [0.1, 0.15) is 10.6 Å². The Morgan fingerprint density at radius 1 is 1.24 bits per heavy atom. The molecule has 0 radical (unpaired) electrons. The number of aryl methyl sites for hydroxylation is 2. The van der Waals surface area contributed by atoms with Crippen molar-refractivity contribution in [3.8, 4) is 22.2 Å². The molecular weight excluding hydrogens is 543 g/mol. The number of hydrogen-bond donors (Lipinski definition) is 3. The van der Waals surface area contributed by atoms with E-state index in [1.54, 1.807) is 13.0 Å². The van der Waals surface area contributed by atoms with Crippen LogP contribution in [-0.2, 0) is 10.0 Å². The van der Waals surface area contributed by atoms with Crippen molar-refractivity contribution in [3.63, 3.8) is 0 Å². The van der Waals surface area contributed by atoms with Crippen LogP contribution in [-0.4, -0.2) is 54.2 Å². The number of hydrogen-bond acceptors (Lipinski definition) is 9. The largest absolute Gasteiger partial charge is 0.437 e. The minimum absolute atomic E-state index is 0.0352. The van der Waals surface area contributed by atoms with Crippen LogP contribution in [0, 0.1) is 19.7 Å². The predicted molar refractivity (Wildman–Crippen MR) is 127 cm³/mol. The van der Waals surface area contributed by atoms with E-state index in [1.165, 1.54) is 29.2 Å². The number of thiazole rings is 1. The molecule has 2 aromatic heterocycles. The molecule has 1 atom stereocenters. The summed E-state index contributed by atoms with van der Waals surface area (Å²) in [6.07, 6.45) is 1.06. The van der Waals surface area contributed by atoms with Gasteiger partial charge < -0.3 is 15.4 Å². The number of nitrogens with one attached hydrogen (secondary N) is 3. The summed E-state index contributed by atoms with van der Waals surface area (Å²) in [5.41, 5.74) is -0.0528. The first-order chi connectivity index (χ1) is 17.3. The van der Waals surface area contributed by atoms with Crippen molar-refractivity contribution in [2.24, 2.45) is 0 Å². The fourth-order valence-electron chi connectivity index (χ4n) is 3.57. The number of sulfonamides is 1. The highest BCUT2D eigenvalue weighted by Crippen LogP contribution is 2.39. The lowest BCUT2D eigenvalue weighted by Crippen LogP contribution is -2.49. The lowest BCUT2D eigenvalue weighted by molar-refractivity contribution is -0.0244. The molecule has 0 unspecified atom stereocenters. The first kappa shape index (κ1) is 26.9. The highest BCUT2D eigenvalue weighted by Gasteiger charge is 2.36. The van der Waals surface area contributed by atoms with E-state index in [0.717, 1.165) is 12.1 Å². The summed E-state index contributed by atoms with van der Waals surface area (Å²) in [6, 6.07) is 2.84. The zero-order valence-corrected chi connectivity index (χ0v) is 21.0. The van der Waals surface area contributed by atoms with Crippen LogP contribution in [0.5, 0.6) is 11.6 Å². The molecular formula is C21H21F5N6O3S2. The van der Waals surface area contributed by atoms with Crippen LogP contribution < -0.4 is 20.1 Å². The summed E-state index contributed by atoms with van der Waals surface area (Å²) in [7, 11) is -5.06. The standard InChI is InChI=1S/C21H21F5N6O3S2/c1-10-5-15(32-37(33,34)19(23)24)13(22)6-16(10)35-18-17(36-11(2)29-18)14-3-4-28-20(31-14)30-12-7-21(25,26)9-27-8-12/h3-6,12,19,27,32H,7-9H2,1-2H3,(H,28,30,31)/t12-/m0/s1. The van der Waals surface area contributed by atoms with E-state index in [-0.39, 0.29) is 29.6 Å². The van der Waals surface area contributed by atoms with Gasteiger partial charge in [0, 0.05) is 31.3 Å². The van der Waals surface area contributed by atoms with Crippen molar-refractivity contribution >= 4 is 33.0 Å². The molecule has 1 saturated heterocycles. The molecule has 9 nitrogen and oxygen atoms in total. The first-order valence-electron chi connectivity index (χ1n) is 10.8. The number of alkyl halides is 4. The molecule has 0 saturated carbocycles. The maximum atomic E-state index is 14.5. The van der Waals surface area contributed by atoms with Crippen LogP contribution in [0.1, 0.15) is 17.0 Å². The molecule has 1 aliphatic heterocycles. The van der Waals surface area contributed by atoms with Gasteiger partial charge in [0.2, 0.25) is 11.8 Å². The lowest BCUT2D eigenvalue weighted by Gasteiger charge is -2.30. The Balaban J connectivity index is 1.58. The van der Waals surface area contributed by atoms with E-state index in [0.29, 0.717) is 22.1 Å². The van der Waals surface area contributed by atoms with Crippen LogP contribution in [0.15, 0.2) is 24.4 Å². The van der Waals surface area contributed by atoms with Crippen LogP contribution in [0.2, 0.25) is 0 Å². The van der Waals surface area contributed by atoms with Gasteiger partial charge in [-0.2, -0.15) is 8.78 Å². The Morgan fingerprint density at radius 3 is 2.70 bits per heavy atom. The van der Waals surface area contributed by atoms with Crippen LogP contribution in [0.4, 0.5) is 33.6 Å². The maximum Gasteiger partial charge on any atom is 0.355 e. The maximum absolute atomic E-state index is 14.5. The molecule has 0 bridgehead atoms. The van der Waals surface area contributed by atoms with E-state index in [1.807, 2.05) is 0 Å². The van der Waals surface area contributed by atoms with Crippen molar-refractivity contribution in [1.82, 2.24) is 20.3 Å². The summed E-state index contributed by atoms with van der Waals surface area (Å²) < 4.78 is 97.3. The highest BCUT2D eigenvalue weighted by atomic mass is 32.2. The second kappa shape index (κ2) is 10.3. The smallest absolute Gasteiger partial charge is 0.355 e. The van der Waals surface area contributed by atoms with Crippen molar-refractivity contribution in [3.05, 3.63) is 40.8 Å². The molecule has 3 heterocycles. The molecule has 0 aliphatic carbocycles. The highest BCUT2D eigenvalue weighted by molar-refractivity contribution is 7.93. The summed E-state index contributed by atoms with van der Waals surface area (Å²) >= 11 is 1.21. The second-order valence-electron chi connectivity index (χ2n) is 8.27. The minimum atomic E-state index is -5.06. The zero-order chi connectivity index (χ0) is 27.0. The minimum Gasteiger partial charge on any atom is -0.437 e. The predicted octanol–water partition coefficient (Wildman–Crippen LogP) is 4.52. The van der Waals surface area contributed by atoms with E-state index < -0.39 is 45.8 Å². The number of halogens is 5. The van der Waals surface area contributed by atoms with Gasteiger partial charge in [-0.05, 0) is 31.5 Å². The lowest BCUT2D eigenvalue weighted by atomic mass is 10.0. The van der Waals surface area contributed by atoms with Crippen LogP contribution in [0.3, 0.4) is 0 Å². The summed E-state index contributed by atoms with van der Waals surface area (Å²) in [5, 5.41) is 6.13. The number of anilines is 2. The topological polar surface area (TPSA) is 118 Å². The average Bonchev–Trinajstić information content (AvgIpc) is 3.16. The molecule has 3 N–H and O–H groups in total. The van der Waals surface area contributed by atoms with E-state index in [4.69, 9.17) is 4.74 Å². The monoisotopic (exact) mass is 564 g/mol. The van der Waals surface area contributed by atoms with Crippen molar-refractivity contribution in [2.45, 2.75) is 38.0 Å². The van der Waals surface area contributed by atoms with Crippen molar-refractivity contribution < 1.29 is 35.1 Å². The molecule has 37 heavy (non-hydrogen) atoms. The molecule has 1 fully saturated rings. The summed E-state index contributed by atoms with van der Waals surface area (Å²) in [5.74, 6) is -7.58. The third-order valence-electron chi connectivity index (χ3n) is 5.20. The number of piperidine rings is 1. The van der Waals surface area contributed by atoms with E-state index in [2.05, 4.69) is 25.6 Å². The first-order valence-corrected chi connectivity index (χ1v) is 13.1. The molecule has 0 amide bonds. The third-order valence-corrected chi connectivity index (χ3v) is 7.15. The molecule has 1 aromatic carbocycles. The molecule has 1 aliphatic rings. The van der Waals surface area contributed by atoms with Gasteiger partial charge in [0.05, 0.1) is 22.9 Å². The Labute approximate surface area is 212 Å². The van der Waals surface area contributed by atoms with Crippen molar-refractivity contribution in [2.75, 3.05) is 23.1 Å². The van der Waals surface area contributed by atoms with Crippen LogP contribution >= 0.6 is 11.3 Å². The molecule has 4 rings (SSSR count). The summed E-state index contributed by atoms with van der Waals surface area (Å²) in [6.45, 7) is 3.08. The fraction of sp³-hybridized carbons (Fsp3) is 0.381. The number of benzene rings is 1. The second-order valence-corrected chi connectivity index (χ2v) is 11.1. The fourth-order valence-corrected chi connectivity index (χ4v) is 4.93. The molecule has 16 heteroatoms. The number of aromatic nitrogens is 3. The molecule has 3 aromatic rings. The average molecular weight is 565 g/mol. The number of nitrogens with zero attached hydrogens (tertiary/aromatic N) is 3. The van der Waals surface area contributed by atoms with Gasteiger partial charge in [0.25, 0.3) is 15.9 Å². The Hall–Kier alpha value is -3.11.